The average molecular weight is 761 g/mol. The molecule has 53 heavy (non-hydrogen) atoms. The minimum Gasteiger partial charge on any atom is -0.481 e. The number of nitrogens with two attached hydrogens (primary N) is 1. The van der Waals surface area contributed by atoms with Crippen LogP contribution in [0.4, 0.5) is 4.79 Å². The number of rotatable bonds is 11. The molecule has 2 amide bonds. The van der Waals surface area contributed by atoms with Gasteiger partial charge in [-0.25, -0.2) is 14.3 Å². The predicted octanol–water partition coefficient (Wildman–Crippen LogP) is 5.03. The van der Waals surface area contributed by atoms with E-state index in [0.717, 1.165) is 0 Å². The van der Waals surface area contributed by atoms with E-state index in [1.165, 1.54) is 11.7 Å². The third kappa shape index (κ3) is 7.34. The average Bonchev–Trinajstić information content (AvgIpc) is 3.75. The van der Waals surface area contributed by atoms with Gasteiger partial charge in [0, 0.05) is 65.5 Å². The van der Waals surface area contributed by atoms with Gasteiger partial charge in [-0.05, 0) is 38.3 Å². The molecule has 0 spiro atoms. The first-order valence-electron chi connectivity index (χ1n) is 17.2. The lowest BCUT2D eigenvalue weighted by Gasteiger charge is -2.41. The van der Waals surface area contributed by atoms with Crippen LogP contribution in [0.3, 0.4) is 0 Å². The Morgan fingerprint density at radius 1 is 1.09 bits per heavy atom. The van der Waals surface area contributed by atoms with E-state index in [1.54, 1.807) is 29.9 Å². The lowest BCUT2D eigenvalue weighted by molar-refractivity contribution is -0.119. The Morgan fingerprint density at radius 3 is 2.42 bits per heavy atom. The van der Waals surface area contributed by atoms with Crippen LogP contribution < -0.4 is 26.7 Å². The molecule has 1 saturated heterocycles. The van der Waals surface area contributed by atoms with Gasteiger partial charge in [-0.3, -0.25) is 14.2 Å². The number of aliphatic hydroxyl groups is 1. The van der Waals surface area contributed by atoms with E-state index >= 15 is 0 Å². The van der Waals surface area contributed by atoms with Gasteiger partial charge in [0.05, 0.1) is 41.0 Å². The van der Waals surface area contributed by atoms with Gasteiger partial charge < -0.3 is 30.9 Å². The number of aromatic nitrogens is 4. The van der Waals surface area contributed by atoms with Crippen molar-refractivity contribution >= 4 is 40.7 Å². The van der Waals surface area contributed by atoms with Gasteiger partial charge in [0.15, 0.2) is 0 Å². The Labute approximate surface area is 315 Å². The molecule has 5 N–H and O–H groups in total. The molecule has 3 aromatic heterocycles. The van der Waals surface area contributed by atoms with Gasteiger partial charge in [-0.15, -0.1) is 0 Å². The molecule has 2 aliphatic rings. The number of primary amides is 1. The summed E-state index contributed by atoms with van der Waals surface area (Å²) in [5.41, 5.74) is 9.51. The van der Waals surface area contributed by atoms with Crippen LogP contribution in [0, 0.1) is 0 Å². The smallest absolute Gasteiger partial charge is 0.404 e. The quantitative estimate of drug-likeness (QED) is 0.144. The second-order valence-corrected chi connectivity index (χ2v) is 14.7. The number of carbonyl (C=O) groups is 2. The van der Waals surface area contributed by atoms with Crippen molar-refractivity contribution in [1.82, 2.24) is 29.8 Å². The maximum atomic E-state index is 13.4. The molecule has 7 rings (SSSR count). The fourth-order valence-electron chi connectivity index (χ4n) is 7.26. The summed E-state index contributed by atoms with van der Waals surface area (Å²) in [6.07, 6.45) is 2.52. The third-order valence-corrected chi connectivity index (χ3v) is 10.8. The minimum atomic E-state index is -0.934. The van der Waals surface area contributed by atoms with E-state index in [1.807, 2.05) is 49.4 Å². The molecule has 1 aliphatic heterocycles. The summed E-state index contributed by atoms with van der Waals surface area (Å²) < 4.78 is 14.1. The molecule has 5 aromatic rings. The van der Waals surface area contributed by atoms with E-state index < -0.39 is 17.8 Å². The van der Waals surface area contributed by atoms with Crippen molar-refractivity contribution < 1.29 is 24.2 Å². The number of fused-ring (bicyclic) bond motifs is 1. The van der Waals surface area contributed by atoms with Crippen molar-refractivity contribution in [3.8, 4) is 39.4 Å². The zero-order valence-electron chi connectivity index (χ0n) is 29.4. The lowest BCUT2D eigenvalue weighted by Crippen LogP contribution is -2.51. The molecule has 15 heteroatoms. The van der Waals surface area contributed by atoms with Crippen LogP contribution in [-0.2, 0) is 29.5 Å². The summed E-state index contributed by atoms with van der Waals surface area (Å²) >= 11 is 14.2. The number of amides is 2. The number of halogens is 2. The second-order valence-electron chi connectivity index (χ2n) is 13.9. The van der Waals surface area contributed by atoms with Crippen LogP contribution in [0.1, 0.15) is 44.0 Å². The SMILES string of the molecule is COc1nc(-c2cccc(-c3cccc(-c4cc5c(=O)n(C)c(CNC6CC(C)(O)C6)nn5c4)c3Cl)c2Cl)ccc1C[C@H](OC(N)=O)[C@@H]1CCC(=O)N1. The third-order valence-electron chi connectivity index (χ3n) is 10.0. The molecule has 13 nitrogen and oxygen atoms in total. The van der Waals surface area contributed by atoms with Gasteiger partial charge >= 0.3 is 6.09 Å². The molecule has 276 valence electrons. The van der Waals surface area contributed by atoms with Crippen LogP contribution in [0.15, 0.2) is 65.6 Å². The molecule has 4 heterocycles. The van der Waals surface area contributed by atoms with E-state index in [9.17, 15) is 19.5 Å². The van der Waals surface area contributed by atoms with Crippen LogP contribution in [-0.4, -0.2) is 67.2 Å². The van der Waals surface area contributed by atoms with Gasteiger partial charge in [-0.2, -0.15) is 5.10 Å². The Kier molecular flexibility index (Phi) is 9.94. The first-order valence-corrected chi connectivity index (χ1v) is 18.0. The number of hydrogen-bond donors (Lipinski definition) is 4. The van der Waals surface area contributed by atoms with Crippen LogP contribution in [0.5, 0.6) is 5.88 Å². The van der Waals surface area contributed by atoms with Crippen LogP contribution in [0.2, 0.25) is 10.0 Å². The van der Waals surface area contributed by atoms with Gasteiger partial charge in [0.2, 0.25) is 11.8 Å². The zero-order chi connectivity index (χ0) is 37.6. The number of ether oxygens (including phenoxy) is 2. The standard InChI is InChI=1S/C38H39Cl2N7O6/c1-38(51)16-22(17-38)42-18-31-45-47-19-21(14-29(47)36(49)46(31)2)23-6-4-7-24(33(23)39)25-8-5-9-26(34(25)40)27-11-10-20(35(44-27)52-3)15-30(53-37(41)50)28-12-13-32(48)43-28/h4-11,14,19,22,28,30,42,51H,12-13,15-18H2,1-3H3,(H2,41,50)(H,43,48)/t22?,28-,30-,38?/m0/s1. The van der Waals surface area contributed by atoms with Crippen LogP contribution in [0.25, 0.3) is 39.0 Å². The Balaban J connectivity index is 1.17. The monoisotopic (exact) mass is 759 g/mol. The van der Waals surface area contributed by atoms with Crippen LogP contribution >= 0.6 is 23.2 Å². The largest absolute Gasteiger partial charge is 0.481 e. The molecule has 0 bridgehead atoms. The van der Waals surface area contributed by atoms with Gasteiger partial charge in [0.25, 0.3) is 5.56 Å². The maximum Gasteiger partial charge on any atom is 0.404 e. The molecule has 1 saturated carbocycles. The lowest BCUT2D eigenvalue weighted by atomic mass is 9.77. The Hall–Kier alpha value is -4.95. The highest BCUT2D eigenvalue weighted by Crippen LogP contribution is 2.42. The summed E-state index contributed by atoms with van der Waals surface area (Å²) in [4.78, 5) is 41.7. The Bertz CT molecular complexity index is 2300. The van der Waals surface area contributed by atoms with Gasteiger partial charge in [0.1, 0.15) is 17.4 Å². The summed E-state index contributed by atoms with van der Waals surface area (Å²) in [7, 11) is 3.19. The van der Waals surface area contributed by atoms with Crippen molar-refractivity contribution in [2.75, 3.05) is 7.11 Å². The minimum absolute atomic E-state index is 0.113. The molecule has 0 unspecified atom stereocenters. The van der Waals surface area contributed by atoms with Crippen molar-refractivity contribution in [1.29, 1.82) is 0 Å². The number of nitrogens with zero attached hydrogens (tertiary/aromatic N) is 4. The van der Waals surface area contributed by atoms with Gasteiger partial charge in [-0.1, -0.05) is 65.7 Å². The molecule has 0 radical (unpaired) electrons. The summed E-state index contributed by atoms with van der Waals surface area (Å²) in [5, 5.41) is 21.9. The van der Waals surface area contributed by atoms with E-state index in [0.29, 0.717) is 98.6 Å². The fraction of sp³-hybridized carbons (Fsp3) is 0.342. The number of nitrogens with one attached hydrogen (secondary N) is 2. The number of pyridine rings is 1. The number of methoxy groups -OCH3 is 1. The first-order chi connectivity index (χ1) is 25.3. The highest BCUT2D eigenvalue weighted by atomic mass is 35.5. The van der Waals surface area contributed by atoms with E-state index in [-0.39, 0.29) is 30.0 Å². The molecular formula is C38H39Cl2N7O6. The molecule has 2 aromatic carbocycles. The second kappa shape index (κ2) is 14.5. The molecule has 1 aliphatic carbocycles. The topological polar surface area (TPSA) is 175 Å². The zero-order valence-corrected chi connectivity index (χ0v) is 30.9. The summed E-state index contributed by atoms with van der Waals surface area (Å²) in [5.74, 6) is 0.763. The highest BCUT2D eigenvalue weighted by Gasteiger charge is 2.38. The van der Waals surface area contributed by atoms with Crippen molar-refractivity contribution in [3.05, 3.63) is 92.6 Å². The maximum absolute atomic E-state index is 13.4. The highest BCUT2D eigenvalue weighted by molar-refractivity contribution is 6.39. The normalized spacial score (nSPS) is 20.2. The fourth-order valence-corrected chi connectivity index (χ4v) is 7.92. The van der Waals surface area contributed by atoms with Crippen molar-refractivity contribution in [2.45, 2.75) is 69.4 Å². The van der Waals surface area contributed by atoms with Crippen molar-refractivity contribution in [3.63, 3.8) is 0 Å². The predicted molar refractivity (Wildman–Crippen MR) is 201 cm³/mol. The number of carbonyl (C=O) groups excluding carboxylic acids is 2. The first kappa shape index (κ1) is 36.4. The number of hydrogen-bond acceptors (Lipinski definition) is 9. The summed E-state index contributed by atoms with van der Waals surface area (Å²) in [6.45, 7) is 2.20. The van der Waals surface area contributed by atoms with E-state index in [4.69, 9.17) is 48.5 Å². The Morgan fingerprint density at radius 2 is 1.77 bits per heavy atom. The molecular weight excluding hydrogens is 721 g/mol. The van der Waals surface area contributed by atoms with Crippen molar-refractivity contribution in [2.24, 2.45) is 12.8 Å². The van der Waals surface area contributed by atoms with E-state index in [2.05, 4.69) is 10.6 Å². The summed E-state index contributed by atoms with van der Waals surface area (Å²) in [6, 6.07) is 16.4. The number of benzene rings is 2. The molecule has 2 atom stereocenters. The molecule has 2 fully saturated rings.